The first-order valence-corrected chi connectivity index (χ1v) is 8.47. The van der Waals surface area contributed by atoms with E-state index in [1.54, 1.807) is 45.3 Å². The average molecular weight is 385 g/mol. The lowest BCUT2D eigenvalue weighted by Gasteiger charge is -2.24. The number of hydrogen-bond donors (Lipinski definition) is 3. The molecule has 0 spiro atoms. The molecule has 10 heteroatoms. The van der Waals surface area contributed by atoms with Crippen LogP contribution < -0.4 is 21.9 Å². The molecular weight excluding hydrogens is 362 g/mol. The van der Waals surface area contributed by atoms with Crippen molar-refractivity contribution in [1.82, 2.24) is 14.9 Å². The van der Waals surface area contributed by atoms with E-state index in [1.165, 1.54) is 16.1 Å². The zero-order valence-electron chi connectivity index (χ0n) is 15.9. The van der Waals surface area contributed by atoms with Gasteiger partial charge >= 0.3 is 0 Å². The summed E-state index contributed by atoms with van der Waals surface area (Å²) in [4.78, 5) is 44.2. The third kappa shape index (κ3) is 4.80. The Hall–Kier alpha value is -3.53. The maximum atomic E-state index is 12.0. The molecule has 0 radical (unpaired) electrons. The summed E-state index contributed by atoms with van der Waals surface area (Å²) < 4.78 is 0. The summed E-state index contributed by atoms with van der Waals surface area (Å²) in [6.45, 7) is 1.76. The molecule has 0 unspecified atom stereocenters. The van der Waals surface area contributed by atoms with Gasteiger partial charge < -0.3 is 20.7 Å². The van der Waals surface area contributed by atoms with E-state index in [1.807, 2.05) is 0 Å². The van der Waals surface area contributed by atoms with Crippen LogP contribution >= 0.6 is 0 Å². The Kier molecular flexibility index (Phi) is 6.61. The van der Waals surface area contributed by atoms with E-state index in [9.17, 15) is 14.4 Å². The number of carbonyl (C=O) groups is 3. The second-order valence-corrected chi connectivity index (χ2v) is 6.35. The minimum Gasteiger partial charge on any atom is -0.364 e. The fraction of sp³-hybridized carbons (Fsp3) is 0.278. The van der Waals surface area contributed by atoms with Crippen LogP contribution in [0.25, 0.3) is 0 Å². The number of benzene rings is 1. The van der Waals surface area contributed by atoms with Gasteiger partial charge in [0.05, 0.1) is 12.2 Å². The van der Waals surface area contributed by atoms with Crippen LogP contribution in [0.15, 0.2) is 30.5 Å². The Bertz CT molecular complexity index is 868. The molecule has 0 aliphatic carbocycles. The van der Waals surface area contributed by atoms with E-state index < -0.39 is 5.91 Å². The monoisotopic (exact) mass is 385 g/mol. The predicted octanol–water partition coefficient (Wildman–Crippen LogP) is 0.679. The van der Waals surface area contributed by atoms with Crippen LogP contribution in [-0.2, 0) is 4.79 Å². The second kappa shape index (κ2) is 8.91. The Morgan fingerprint density at radius 2 is 1.89 bits per heavy atom. The number of aromatic nitrogens is 2. The molecule has 10 nitrogen and oxygen atoms in total. The molecule has 1 aromatic heterocycles. The molecular formula is C18H23N7O3. The topological polar surface area (TPSA) is 148 Å². The molecule has 28 heavy (non-hydrogen) atoms. The summed E-state index contributed by atoms with van der Waals surface area (Å²) >= 11 is 0. The number of hydrazine groups is 1. The van der Waals surface area contributed by atoms with Crippen molar-refractivity contribution in [2.45, 2.75) is 19.4 Å². The lowest BCUT2D eigenvalue weighted by Crippen LogP contribution is -2.40. The van der Waals surface area contributed by atoms with Gasteiger partial charge in [-0.3, -0.25) is 14.6 Å². The number of anilines is 3. The quantitative estimate of drug-likeness (QED) is 0.341. The van der Waals surface area contributed by atoms with Crippen molar-refractivity contribution in [3.63, 3.8) is 0 Å². The number of rotatable bonds is 8. The average Bonchev–Trinajstić information content (AvgIpc) is 2.67. The summed E-state index contributed by atoms with van der Waals surface area (Å²) in [5, 5.41) is 4.25. The highest BCUT2D eigenvalue weighted by Gasteiger charge is 2.18. The largest absolute Gasteiger partial charge is 0.364 e. The normalized spacial score (nSPS) is 11.4. The van der Waals surface area contributed by atoms with Crippen molar-refractivity contribution in [2.24, 2.45) is 11.6 Å². The van der Waals surface area contributed by atoms with Crippen LogP contribution in [-0.4, -0.2) is 53.1 Å². The van der Waals surface area contributed by atoms with Gasteiger partial charge in [-0.2, -0.15) is 0 Å². The lowest BCUT2D eigenvalue weighted by molar-refractivity contribution is -0.108. The Balaban J connectivity index is 2.32. The van der Waals surface area contributed by atoms with Gasteiger partial charge in [0.25, 0.3) is 11.8 Å². The number of carbonyl (C=O) groups excluding carboxylic acids is 3. The maximum Gasteiger partial charge on any atom is 0.271 e. The van der Waals surface area contributed by atoms with Gasteiger partial charge in [0, 0.05) is 31.8 Å². The van der Waals surface area contributed by atoms with Gasteiger partial charge in [-0.15, -0.1) is 0 Å². The summed E-state index contributed by atoms with van der Waals surface area (Å²) in [6, 6.07) is 6.33. The van der Waals surface area contributed by atoms with Crippen molar-refractivity contribution < 1.29 is 14.4 Å². The van der Waals surface area contributed by atoms with Crippen molar-refractivity contribution in [1.29, 1.82) is 0 Å². The van der Waals surface area contributed by atoms with Crippen molar-refractivity contribution >= 4 is 35.4 Å². The third-order valence-corrected chi connectivity index (χ3v) is 3.97. The van der Waals surface area contributed by atoms with E-state index in [2.05, 4.69) is 15.3 Å². The minimum absolute atomic E-state index is 0.0614. The first-order chi connectivity index (χ1) is 13.2. The molecule has 1 heterocycles. The summed E-state index contributed by atoms with van der Waals surface area (Å²) in [7, 11) is 3.33. The van der Waals surface area contributed by atoms with Crippen LogP contribution in [0.2, 0.25) is 0 Å². The number of primary amides is 1. The van der Waals surface area contributed by atoms with Gasteiger partial charge in [0.2, 0.25) is 0 Å². The first-order valence-electron chi connectivity index (χ1n) is 8.47. The number of nitrogens with one attached hydrogen (secondary N) is 1. The Morgan fingerprint density at radius 1 is 1.25 bits per heavy atom. The van der Waals surface area contributed by atoms with Crippen LogP contribution in [0.4, 0.5) is 17.3 Å². The Morgan fingerprint density at radius 3 is 2.43 bits per heavy atom. The van der Waals surface area contributed by atoms with Gasteiger partial charge in [-0.05, 0) is 31.2 Å². The lowest BCUT2D eigenvalue weighted by atomic mass is 10.2. The van der Waals surface area contributed by atoms with Crippen LogP contribution in [0.1, 0.15) is 34.2 Å². The molecule has 1 atom stereocenters. The van der Waals surface area contributed by atoms with E-state index in [-0.39, 0.29) is 35.7 Å². The van der Waals surface area contributed by atoms with Crippen LogP contribution in [0.3, 0.4) is 0 Å². The van der Waals surface area contributed by atoms with E-state index in [0.717, 1.165) is 6.29 Å². The van der Waals surface area contributed by atoms with Gasteiger partial charge in [-0.1, -0.05) is 0 Å². The maximum absolute atomic E-state index is 12.0. The molecule has 0 aliphatic heterocycles. The highest BCUT2D eigenvalue weighted by Crippen LogP contribution is 2.21. The fourth-order valence-corrected chi connectivity index (χ4v) is 2.34. The predicted molar refractivity (Wildman–Crippen MR) is 105 cm³/mol. The van der Waals surface area contributed by atoms with Crippen LogP contribution in [0, 0.1) is 0 Å². The molecule has 0 saturated carbocycles. The van der Waals surface area contributed by atoms with Crippen LogP contribution in [0.5, 0.6) is 0 Å². The molecule has 0 aliphatic rings. The van der Waals surface area contributed by atoms with Gasteiger partial charge in [0.15, 0.2) is 17.3 Å². The van der Waals surface area contributed by atoms with Crippen molar-refractivity contribution in [3.05, 3.63) is 41.7 Å². The van der Waals surface area contributed by atoms with Crippen molar-refractivity contribution in [2.75, 3.05) is 24.4 Å². The molecule has 1 aromatic carbocycles. The number of nitrogens with zero attached hydrogens (tertiary/aromatic N) is 4. The first kappa shape index (κ1) is 20.8. The number of nitrogens with two attached hydrogens (primary N) is 2. The molecule has 0 fully saturated rings. The SMILES string of the molecule is C[C@H](CC=O)N(N)c1cnc(C(N)=O)c(Nc2ccc(C(=O)N(C)C)cc2)n1. The number of hydrogen-bond acceptors (Lipinski definition) is 8. The molecule has 148 valence electrons. The molecule has 0 saturated heterocycles. The summed E-state index contributed by atoms with van der Waals surface area (Å²) in [5.41, 5.74) is 6.41. The van der Waals surface area contributed by atoms with E-state index >= 15 is 0 Å². The second-order valence-electron chi connectivity index (χ2n) is 6.35. The smallest absolute Gasteiger partial charge is 0.271 e. The number of amides is 2. The molecule has 5 N–H and O–H groups in total. The number of aldehydes is 1. The van der Waals surface area contributed by atoms with Gasteiger partial charge in [-0.25, -0.2) is 15.8 Å². The fourth-order valence-electron chi connectivity index (χ4n) is 2.34. The molecule has 2 rings (SSSR count). The van der Waals surface area contributed by atoms with Gasteiger partial charge in [0.1, 0.15) is 6.29 Å². The summed E-state index contributed by atoms with van der Waals surface area (Å²) in [5.74, 6) is 5.47. The molecule has 2 aromatic rings. The van der Waals surface area contributed by atoms with E-state index in [4.69, 9.17) is 11.6 Å². The molecule has 0 bridgehead atoms. The van der Waals surface area contributed by atoms with Crippen molar-refractivity contribution in [3.8, 4) is 0 Å². The zero-order valence-corrected chi connectivity index (χ0v) is 15.9. The summed E-state index contributed by atoms with van der Waals surface area (Å²) in [6.07, 6.45) is 2.27. The Labute approximate surface area is 162 Å². The third-order valence-electron chi connectivity index (χ3n) is 3.97. The minimum atomic E-state index is -0.759. The highest BCUT2D eigenvalue weighted by atomic mass is 16.2. The highest BCUT2D eigenvalue weighted by molar-refractivity contribution is 5.97. The van der Waals surface area contributed by atoms with E-state index in [0.29, 0.717) is 11.3 Å². The molecule has 2 amide bonds. The zero-order chi connectivity index (χ0) is 20.8. The standard InChI is InChI=1S/C18H23N7O3/c1-11(8-9-26)25(20)14-10-21-15(16(19)27)17(23-14)22-13-6-4-12(5-7-13)18(28)24(2)3/h4-7,9-11H,8,20H2,1-3H3,(H2,19,27)(H,22,23)/t11-/m1/s1.